The number of halogens is 1. The Kier molecular flexibility index (Phi) is 7.38. The van der Waals surface area contributed by atoms with Gasteiger partial charge in [0.25, 0.3) is 0 Å². The molecule has 1 aromatic carbocycles. The molecule has 1 aliphatic carbocycles. The Bertz CT molecular complexity index is 645. The number of carbonyl (C=O) groups excluding carboxylic acids is 1. The molecule has 7 nitrogen and oxygen atoms in total. The van der Waals surface area contributed by atoms with E-state index in [1.54, 1.807) is 13.2 Å². The lowest BCUT2D eigenvalue weighted by Crippen LogP contribution is -2.44. The van der Waals surface area contributed by atoms with Crippen molar-refractivity contribution >= 4 is 23.6 Å². The summed E-state index contributed by atoms with van der Waals surface area (Å²) in [5.41, 5.74) is 0.853. The van der Waals surface area contributed by atoms with E-state index < -0.39 is 5.97 Å². The molecule has 0 atom stereocenters. The molecule has 1 fully saturated rings. The van der Waals surface area contributed by atoms with Crippen LogP contribution in [-0.2, 0) is 11.2 Å². The number of carbonyl (C=O) groups is 2. The largest absolute Gasteiger partial charge is 0.493 e. The Balaban J connectivity index is 1.78. The summed E-state index contributed by atoms with van der Waals surface area (Å²) >= 11 is 6.32. The van der Waals surface area contributed by atoms with E-state index in [1.807, 2.05) is 6.07 Å². The van der Waals surface area contributed by atoms with Crippen LogP contribution in [0.5, 0.6) is 11.5 Å². The number of carboxylic acids is 1. The molecule has 8 heteroatoms. The molecular formula is C18H25ClN2O5. The van der Waals surface area contributed by atoms with Gasteiger partial charge in [0.15, 0.2) is 11.5 Å². The Morgan fingerprint density at radius 1 is 1.19 bits per heavy atom. The number of methoxy groups -OCH3 is 2. The number of hydrogen-bond donors (Lipinski definition) is 3. The summed E-state index contributed by atoms with van der Waals surface area (Å²) < 4.78 is 10.5. The summed E-state index contributed by atoms with van der Waals surface area (Å²) in [7, 11) is 3.07. The van der Waals surface area contributed by atoms with Crippen molar-refractivity contribution < 1.29 is 24.2 Å². The number of hydrogen-bond acceptors (Lipinski definition) is 4. The Morgan fingerprint density at radius 2 is 1.88 bits per heavy atom. The van der Waals surface area contributed by atoms with Crippen molar-refractivity contribution in [3.63, 3.8) is 0 Å². The first kappa shape index (κ1) is 20.2. The zero-order valence-electron chi connectivity index (χ0n) is 15.0. The summed E-state index contributed by atoms with van der Waals surface area (Å²) in [5.74, 6) is -0.00164. The van der Waals surface area contributed by atoms with Gasteiger partial charge in [-0.05, 0) is 43.7 Å². The second-order valence-electron chi connectivity index (χ2n) is 6.31. The maximum Gasteiger partial charge on any atom is 0.315 e. The smallest absolute Gasteiger partial charge is 0.315 e. The van der Waals surface area contributed by atoms with Gasteiger partial charge in [0.05, 0.1) is 25.2 Å². The van der Waals surface area contributed by atoms with Crippen molar-refractivity contribution in [2.45, 2.75) is 38.1 Å². The van der Waals surface area contributed by atoms with Gasteiger partial charge in [-0.2, -0.15) is 0 Å². The molecule has 0 bridgehead atoms. The van der Waals surface area contributed by atoms with Crippen LogP contribution in [0.2, 0.25) is 5.02 Å². The predicted octanol–water partition coefficient (Wildman–Crippen LogP) is 2.84. The monoisotopic (exact) mass is 384 g/mol. The summed E-state index contributed by atoms with van der Waals surface area (Å²) in [5, 5.41) is 15.2. The molecule has 3 N–H and O–H groups in total. The van der Waals surface area contributed by atoms with Gasteiger partial charge in [0, 0.05) is 12.6 Å². The van der Waals surface area contributed by atoms with Crippen LogP contribution in [0.3, 0.4) is 0 Å². The molecule has 0 spiro atoms. The van der Waals surface area contributed by atoms with Gasteiger partial charge < -0.3 is 25.2 Å². The quantitative estimate of drug-likeness (QED) is 0.671. The minimum Gasteiger partial charge on any atom is -0.493 e. The second kappa shape index (κ2) is 9.52. The number of ether oxygens (including phenoxy) is 2. The molecule has 0 aromatic heterocycles. The van der Waals surface area contributed by atoms with E-state index >= 15 is 0 Å². The third-order valence-electron chi connectivity index (χ3n) is 4.66. The molecule has 0 radical (unpaired) electrons. The first-order chi connectivity index (χ1) is 12.5. The molecule has 0 unspecified atom stereocenters. The van der Waals surface area contributed by atoms with Crippen LogP contribution in [0.25, 0.3) is 0 Å². The van der Waals surface area contributed by atoms with Crippen molar-refractivity contribution in [3.05, 3.63) is 22.7 Å². The van der Waals surface area contributed by atoms with Crippen molar-refractivity contribution in [1.29, 1.82) is 0 Å². The maximum absolute atomic E-state index is 12.0. The van der Waals surface area contributed by atoms with Crippen LogP contribution in [0, 0.1) is 5.92 Å². The highest BCUT2D eigenvalue weighted by molar-refractivity contribution is 6.33. The van der Waals surface area contributed by atoms with E-state index in [4.69, 9.17) is 26.2 Å². The zero-order valence-corrected chi connectivity index (χ0v) is 15.8. The highest BCUT2D eigenvalue weighted by Crippen LogP contribution is 2.37. The predicted molar refractivity (Wildman–Crippen MR) is 98.2 cm³/mol. The number of urea groups is 1. The lowest BCUT2D eigenvalue weighted by Gasteiger charge is -2.26. The Hall–Kier alpha value is -2.15. The Morgan fingerprint density at radius 3 is 2.46 bits per heavy atom. The van der Waals surface area contributed by atoms with Crippen molar-refractivity contribution in [2.75, 3.05) is 20.8 Å². The fourth-order valence-corrected chi connectivity index (χ4v) is 3.48. The van der Waals surface area contributed by atoms with E-state index in [2.05, 4.69) is 10.6 Å². The van der Waals surface area contributed by atoms with Crippen molar-refractivity contribution in [3.8, 4) is 11.5 Å². The fraction of sp³-hybridized carbons (Fsp3) is 0.556. The third kappa shape index (κ3) is 5.17. The average Bonchev–Trinajstić information content (AvgIpc) is 2.63. The molecule has 1 saturated carbocycles. The molecule has 0 aliphatic heterocycles. The molecule has 2 rings (SSSR count). The van der Waals surface area contributed by atoms with Crippen LogP contribution in [0.4, 0.5) is 4.79 Å². The standard InChI is InChI=1S/C18H25ClN2O5/c1-25-14-8-5-11(15(19)16(14)26-2)9-10-20-18(24)21-13-6-3-12(4-7-13)17(22)23/h5,8,12-13H,3-4,6-7,9-10H2,1-2H3,(H,22,23)(H2,20,21,24). The molecule has 0 heterocycles. The lowest BCUT2D eigenvalue weighted by atomic mass is 9.86. The summed E-state index contributed by atoms with van der Waals surface area (Å²) in [6.45, 7) is 0.422. The van der Waals surface area contributed by atoms with Gasteiger partial charge in [-0.3, -0.25) is 4.79 Å². The topological polar surface area (TPSA) is 96.9 Å². The minimum atomic E-state index is -0.750. The summed E-state index contributed by atoms with van der Waals surface area (Å²) in [6, 6.07) is 3.40. The maximum atomic E-state index is 12.0. The zero-order chi connectivity index (χ0) is 19.1. The van der Waals surface area contributed by atoms with Gasteiger partial charge >= 0.3 is 12.0 Å². The number of nitrogens with one attached hydrogen (secondary N) is 2. The van der Waals surface area contributed by atoms with E-state index in [-0.39, 0.29) is 18.0 Å². The van der Waals surface area contributed by atoms with Crippen LogP contribution in [-0.4, -0.2) is 43.9 Å². The molecule has 1 aromatic rings. The van der Waals surface area contributed by atoms with E-state index in [9.17, 15) is 9.59 Å². The third-order valence-corrected chi connectivity index (χ3v) is 5.07. The Labute approximate surface area is 158 Å². The summed E-state index contributed by atoms with van der Waals surface area (Å²) in [4.78, 5) is 23.0. The first-order valence-corrected chi connectivity index (χ1v) is 9.00. The second-order valence-corrected chi connectivity index (χ2v) is 6.69. The lowest BCUT2D eigenvalue weighted by molar-refractivity contribution is -0.142. The number of amides is 2. The number of carboxylic acid groups (broad SMARTS) is 1. The molecular weight excluding hydrogens is 360 g/mol. The van der Waals surface area contributed by atoms with Crippen LogP contribution >= 0.6 is 11.6 Å². The van der Waals surface area contributed by atoms with Gasteiger partial charge in [-0.1, -0.05) is 17.7 Å². The van der Waals surface area contributed by atoms with Gasteiger partial charge in [-0.15, -0.1) is 0 Å². The highest BCUT2D eigenvalue weighted by Gasteiger charge is 2.26. The van der Waals surface area contributed by atoms with E-state index in [0.29, 0.717) is 55.2 Å². The molecule has 1 aliphatic rings. The van der Waals surface area contributed by atoms with Crippen molar-refractivity contribution in [2.24, 2.45) is 5.92 Å². The number of benzene rings is 1. The SMILES string of the molecule is COc1ccc(CCNC(=O)NC2CCC(C(=O)O)CC2)c(Cl)c1OC. The highest BCUT2D eigenvalue weighted by atomic mass is 35.5. The normalized spacial score (nSPS) is 19.5. The fourth-order valence-electron chi connectivity index (χ4n) is 3.15. The first-order valence-electron chi connectivity index (χ1n) is 8.62. The minimum absolute atomic E-state index is 0.0234. The van der Waals surface area contributed by atoms with E-state index in [1.165, 1.54) is 7.11 Å². The average molecular weight is 385 g/mol. The molecule has 26 heavy (non-hydrogen) atoms. The molecule has 0 saturated heterocycles. The van der Waals surface area contributed by atoms with Gasteiger partial charge in [0.1, 0.15) is 0 Å². The van der Waals surface area contributed by atoms with Gasteiger partial charge in [-0.25, -0.2) is 4.79 Å². The molecule has 144 valence electrons. The number of rotatable bonds is 7. The molecule has 2 amide bonds. The van der Waals surface area contributed by atoms with Crippen LogP contribution in [0.1, 0.15) is 31.2 Å². The van der Waals surface area contributed by atoms with Crippen LogP contribution < -0.4 is 20.1 Å². The van der Waals surface area contributed by atoms with Crippen LogP contribution in [0.15, 0.2) is 12.1 Å². The van der Waals surface area contributed by atoms with Crippen molar-refractivity contribution in [1.82, 2.24) is 10.6 Å². The number of aliphatic carboxylic acids is 1. The summed E-state index contributed by atoms with van der Waals surface area (Å²) in [6.07, 6.45) is 3.12. The van der Waals surface area contributed by atoms with E-state index in [0.717, 1.165) is 5.56 Å². The van der Waals surface area contributed by atoms with Gasteiger partial charge in [0.2, 0.25) is 0 Å².